The van der Waals surface area contributed by atoms with E-state index >= 15 is 0 Å². The first kappa shape index (κ1) is 21.0. The topological polar surface area (TPSA) is 61.8 Å². The lowest BCUT2D eigenvalue weighted by Crippen LogP contribution is -2.30. The molecular formula is C22H30Cl2N4O. The van der Waals surface area contributed by atoms with Gasteiger partial charge in [-0.15, -0.1) is 12.4 Å². The van der Waals surface area contributed by atoms with Crippen LogP contribution < -0.4 is 16.0 Å². The van der Waals surface area contributed by atoms with Crippen LogP contribution in [0.1, 0.15) is 63.4 Å². The highest BCUT2D eigenvalue weighted by Gasteiger charge is 2.30. The molecule has 29 heavy (non-hydrogen) atoms. The SMILES string of the molecule is Cl.ClC1=CCNc2c3c([nH]c2=C1[C@H]1CC[C@H](OC2CCCCC2)CC1)=CN=NC3. The third-order valence-electron chi connectivity index (χ3n) is 6.74. The zero-order valence-electron chi connectivity index (χ0n) is 16.8. The number of H-pyrrole nitrogens is 1. The van der Waals surface area contributed by atoms with Crippen molar-refractivity contribution in [3.05, 3.63) is 27.4 Å². The summed E-state index contributed by atoms with van der Waals surface area (Å²) in [6.07, 6.45) is 15.9. The molecule has 5 rings (SSSR count). The molecule has 2 aliphatic carbocycles. The maximum Gasteiger partial charge on any atom is 0.0895 e. The first-order chi connectivity index (χ1) is 13.8. The second-order valence-corrected chi connectivity index (χ2v) is 8.93. The van der Waals surface area contributed by atoms with Crippen molar-refractivity contribution in [2.45, 2.75) is 76.5 Å². The van der Waals surface area contributed by atoms with Crippen LogP contribution in [0.5, 0.6) is 0 Å². The van der Waals surface area contributed by atoms with Gasteiger partial charge in [0.05, 0.1) is 41.3 Å². The van der Waals surface area contributed by atoms with E-state index in [1.807, 2.05) is 6.20 Å². The van der Waals surface area contributed by atoms with E-state index in [1.54, 1.807) is 0 Å². The number of hydrogen-bond donors (Lipinski definition) is 2. The third kappa shape index (κ3) is 4.28. The van der Waals surface area contributed by atoms with E-state index in [0.717, 1.165) is 53.6 Å². The van der Waals surface area contributed by atoms with Gasteiger partial charge in [-0.2, -0.15) is 10.2 Å². The largest absolute Gasteiger partial charge is 0.379 e. The van der Waals surface area contributed by atoms with Gasteiger partial charge >= 0.3 is 0 Å². The van der Waals surface area contributed by atoms with Gasteiger partial charge in [0.2, 0.25) is 0 Å². The maximum absolute atomic E-state index is 6.78. The molecule has 5 nitrogen and oxygen atoms in total. The van der Waals surface area contributed by atoms with Crippen LogP contribution in [0, 0.1) is 5.92 Å². The molecule has 3 heterocycles. The first-order valence-electron chi connectivity index (χ1n) is 10.9. The number of rotatable bonds is 3. The molecule has 2 aliphatic heterocycles. The van der Waals surface area contributed by atoms with Crippen molar-refractivity contribution in [3.63, 3.8) is 0 Å². The number of hydrogen-bond acceptors (Lipinski definition) is 4. The number of fused-ring (bicyclic) bond motifs is 3. The highest BCUT2D eigenvalue weighted by Crippen LogP contribution is 2.38. The van der Waals surface area contributed by atoms with Gasteiger partial charge in [-0.3, -0.25) is 0 Å². The van der Waals surface area contributed by atoms with Crippen molar-refractivity contribution in [2.75, 3.05) is 11.9 Å². The Balaban J connectivity index is 0.00000205. The zero-order valence-corrected chi connectivity index (χ0v) is 18.3. The number of halogens is 2. The van der Waals surface area contributed by atoms with Crippen LogP contribution >= 0.6 is 24.0 Å². The van der Waals surface area contributed by atoms with Crippen LogP contribution in [0.25, 0.3) is 11.8 Å². The summed E-state index contributed by atoms with van der Waals surface area (Å²) in [5, 5.41) is 14.9. The summed E-state index contributed by atoms with van der Waals surface area (Å²) in [6.45, 7) is 1.37. The molecule has 0 atom stereocenters. The molecule has 1 aromatic heterocycles. The number of aromatic nitrogens is 1. The molecule has 2 N–H and O–H groups in total. The number of azo groups is 1. The number of aromatic amines is 1. The van der Waals surface area contributed by atoms with E-state index in [9.17, 15) is 0 Å². The molecule has 0 spiro atoms. The van der Waals surface area contributed by atoms with Crippen LogP contribution in [0.15, 0.2) is 21.3 Å². The molecule has 2 saturated carbocycles. The Morgan fingerprint density at radius 3 is 2.55 bits per heavy atom. The lowest BCUT2D eigenvalue weighted by atomic mass is 9.81. The van der Waals surface area contributed by atoms with Crippen LogP contribution in [-0.4, -0.2) is 23.7 Å². The third-order valence-corrected chi connectivity index (χ3v) is 7.10. The summed E-state index contributed by atoms with van der Waals surface area (Å²) in [5.41, 5.74) is 3.63. The Hall–Kier alpha value is -1.30. The van der Waals surface area contributed by atoms with Crippen LogP contribution in [0.4, 0.5) is 5.69 Å². The van der Waals surface area contributed by atoms with Crippen molar-refractivity contribution >= 4 is 41.5 Å². The minimum Gasteiger partial charge on any atom is -0.379 e. The average molecular weight is 437 g/mol. The fourth-order valence-corrected chi connectivity index (χ4v) is 5.60. The van der Waals surface area contributed by atoms with Crippen LogP contribution in [-0.2, 0) is 11.3 Å². The minimum absolute atomic E-state index is 0. The normalized spacial score (nSPS) is 26.9. The molecule has 4 aliphatic rings. The Morgan fingerprint density at radius 2 is 1.76 bits per heavy atom. The Bertz CT molecular complexity index is 906. The molecule has 158 valence electrons. The molecule has 2 fully saturated rings. The fraction of sp³-hybridized carbons (Fsp3) is 0.636. The molecule has 7 heteroatoms. The van der Waals surface area contributed by atoms with Gasteiger partial charge in [0.15, 0.2) is 0 Å². The highest BCUT2D eigenvalue weighted by molar-refractivity contribution is 6.36. The summed E-state index contributed by atoms with van der Waals surface area (Å²) < 4.78 is 6.45. The van der Waals surface area contributed by atoms with Gasteiger partial charge < -0.3 is 15.0 Å². The molecule has 0 bridgehead atoms. The fourth-order valence-electron chi connectivity index (χ4n) is 5.27. The standard InChI is InChI=1S/C22H29ClN4O.ClH/c23-18-10-11-24-21-17-12-25-26-13-19(17)27-22(21)20(18)14-6-8-16(9-7-14)28-15-4-2-1-3-5-15;/h10,13-16,24,27H,1-9,11-12H2;1H/t14-,16-;. The van der Waals surface area contributed by atoms with Crippen molar-refractivity contribution in [1.82, 2.24) is 4.98 Å². The van der Waals surface area contributed by atoms with E-state index < -0.39 is 0 Å². The average Bonchev–Trinajstić information content (AvgIpc) is 3.00. The van der Waals surface area contributed by atoms with Crippen molar-refractivity contribution in [3.8, 4) is 0 Å². The number of nitrogens with zero attached hydrogens (tertiary/aromatic N) is 2. The summed E-state index contributed by atoms with van der Waals surface area (Å²) in [6, 6.07) is 0. The summed E-state index contributed by atoms with van der Waals surface area (Å²) in [5.74, 6) is 0.475. The van der Waals surface area contributed by atoms with Gasteiger partial charge in [-0.05, 0) is 56.1 Å². The monoisotopic (exact) mass is 436 g/mol. The number of nitrogens with one attached hydrogen (secondary N) is 2. The zero-order chi connectivity index (χ0) is 18.9. The van der Waals surface area contributed by atoms with Gasteiger partial charge in [-0.25, -0.2) is 0 Å². The summed E-state index contributed by atoms with van der Waals surface area (Å²) in [4.78, 5) is 3.58. The van der Waals surface area contributed by atoms with Crippen molar-refractivity contribution in [1.29, 1.82) is 0 Å². The van der Waals surface area contributed by atoms with Crippen LogP contribution in [0.3, 0.4) is 0 Å². The molecule has 1 aromatic rings. The number of allylic oxidation sites excluding steroid dienone is 1. The van der Waals surface area contributed by atoms with E-state index in [-0.39, 0.29) is 12.4 Å². The van der Waals surface area contributed by atoms with Gasteiger partial charge in [0.1, 0.15) is 0 Å². The number of anilines is 1. The van der Waals surface area contributed by atoms with Gasteiger partial charge in [0.25, 0.3) is 0 Å². The predicted molar refractivity (Wildman–Crippen MR) is 120 cm³/mol. The molecule has 0 saturated heterocycles. The number of ether oxygens (including phenoxy) is 1. The summed E-state index contributed by atoms with van der Waals surface area (Å²) >= 11 is 6.78. The molecule has 0 aromatic carbocycles. The maximum atomic E-state index is 6.78. The molecule has 0 amide bonds. The smallest absolute Gasteiger partial charge is 0.0895 e. The van der Waals surface area contributed by atoms with Crippen molar-refractivity contribution in [2.24, 2.45) is 16.1 Å². The van der Waals surface area contributed by atoms with Crippen molar-refractivity contribution < 1.29 is 4.74 Å². The lowest BCUT2D eigenvalue weighted by Gasteiger charge is -2.33. The van der Waals surface area contributed by atoms with E-state index in [2.05, 4.69) is 26.6 Å². The second-order valence-electron chi connectivity index (χ2n) is 8.53. The Labute approximate surface area is 183 Å². The van der Waals surface area contributed by atoms with E-state index in [4.69, 9.17) is 16.3 Å². The second kappa shape index (κ2) is 9.23. The predicted octanol–water partition coefficient (Wildman–Crippen LogP) is 4.75. The van der Waals surface area contributed by atoms with Gasteiger partial charge in [0, 0.05) is 17.1 Å². The molecular weight excluding hydrogens is 407 g/mol. The quantitative estimate of drug-likeness (QED) is 0.717. The first-order valence-corrected chi connectivity index (χ1v) is 11.2. The Morgan fingerprint density at radius 1 is 1.00 bits per heavy atom. The molecule has 0 radical (unpaired) electrons. The minimum atomic E-state index is 0. The summed E-state index contributed by atoms with van der Waals surface area (Å²) in [7, 11) is 0. The van der Waals surface area contributed by atoms with Crippen LogP contribution in [0.2, 0.25) is 0 Å². The molecule has 0 unspecified atom stereocenters. The van der Waals surface area contributed by atoms with E-state index in [1.165, 1.54) is 43.2 Å². The van der Waals surface area contributed by atoms with E-state index in [0.29, 0.717) is 24.7 Å². The highest BCUT2D eigenvalue weighted by atomic mass is 35.5. The van der Waals surface area contributed by atoms with Gasteiger partial charge in [-0.1, -0.05) is 30.9 Å². The Kier molecular flexibility index (Phi) is 6.67. The lowest BCUT2D eigenvalue weighted by molar-refractivity contribution is -0.0481.